The molecule has 5 rings (SSSR count). The summed E-state index contributed by atoms with van der Waals surface area (Å²) < 4.78 is 1.75. The Balaban J connectivity index is 1.40. The largest absolute Gasteiger partial charge is 0.342 e. The van der Waals surface area contributed by atoms with Crippen molar-refractivity contribution in [3.63, 3.8) is 0 Å². The molecule has 9 heteroatoms. The van der Waals surface area contributed by atoms with Crippen LogP contribution in [0, 0.1) is 6.92 Å². The van der Waals surface area contributed by atoms with Crippen molar-refractivity contribution in [1.82, 2.24) is 34.4 Å². The molecule has 2 fully saturated rings. The molecule has 0 N–H and O–H groups in total. The summed E-state index contributed by atoms with van der Waals surface area (Å²) in [6.07, 6.45) is 3.93. The molecule has 2 amide bonds. The van der Waals surface area contributed by atoms with E-state index in [0.29, 0.717) is 55.7 Å². The van der Waals surface area contributed by atoms with Crippen molar-refractivity contribution < 1.29 is 9.59 Å². The van der Waals surface area contributed by atoms with Crippen molar-refractivity contribution in [3.05, 3.63) is 47.4 Å². The number of hydrogen-bond donors (Lipinski definition) is 0. The lowest BCUT2D eigenvalue weighted by Gasteiger charge is -2.35. The van der Waals surface area contributed by atoms with Gasteiger partial charge in [0.1, 0.15) is 0 Å². The lowest BCUT2D eigenvalue weighted by atomic mass is 10.1. The molecule has 1 saturated heterocycles. The van der Waals surface area contributed by atoms with Crippen LogP contribution in [0.1, 0.15) is 54.4 Å². The Kier molecular flexibility index (Phi) is 6.51. The summed E-state index contributed by atoms with van der Waals surface area (Å²) in [6.45, 7) is 10.4. The fourth-order valence-corrected chi connectivity index (χ4v) is 4.85. The van der Waals surface area contributed by atoms with Crippen LogP contribution in [0.2, 0.25) is 0 Å². The van der Waals surface area contributed by atoms with Gasteiger partial charge in [-0.25, -0.2) is 9.97 Å². The second-order valence-electron chi connectivity index (χ2n) is 9.39. The molecule has 184 valence electrons. The first-order chi connectivity index (χ1) is 17.0. The normalized spacial score (nSPS) is 16.6. The average molecular weight is 476 g/mol. The molecule has 1 aliphatic heterocycles. The minimum absolute atomic E-state index is 0.0118. The highest BCUT2D eigenvalue weighted by Crippen LogP contribution is 2.41. The van der Waals surface area contributed by atoms with Crippen LogP contribution >= 0.6 is 0 Å². The Hall–Kier alpha value is -3.33. The average Bonchev–Trinajstić information content (AvgIpc) is 3.68. The molecule has 4 heterocycles. The summed E-state index contributed by atoms with van der Waals surface area (Å²) >= 11 is 0. The van der Waals surface area contributed by atoms with E-state index in [1.807, 2.05) is 54.8 Å². The van der Waals surface area contributed by atoms with Crippen LogP contribution in [0.15, 0.2) is 30.5 Å². The van der Waals surface area contributed by atoms with E-state index in [4.69, 9.17) is 10.1 Å². The molecular weight excluding hydrogens is 442 g/mol. The van der Waals surface area contributed by atoms with E-state index < -0.39 is 0 Å². The predicted molar refractivity (Wildman–Crippen MR) is 134 cm³/mol. The lowest BCUT2D eigenvalue weighted by Crippen LogP contribution is -2.51. The van der Waals surface area contributed by atoms with Crippen LogP contribution in [0.4, 0.5) is 0 Å². The van der Waals surface area contributed by atoms with Crippen molar-refractivity contribution >= 4 is 22.8 Å². The van der Waals surface area contributed by atoms with Crippen molar-refractivity contribution in [2.75, 3.05) is 45.8 Å². The van der Waals surface area contributed by atoms with E-state index in [-0.39, 0.29) is 11.8 Å². The van der Waals surface area contributed by atoms with Crippen LogP contribution in [-0.2, 0) is 4.79 Å². The van der Waals surface area contributed by atoms with E-state index in [2.05, 4.69) is 9.88 Å². The van der Waals surface area contributed by atoms with Gasteiger partial charge < -0.3 is 9.80 Å². The van der Waals surface area contributed by atoms with Gasteiger partial charge in [-0.05, 0) is 51.8 Å². The molecule has 0 aromatic carbocycles. The molecule has 1 aliphatic carbocycles. The predicted octanol–water partition coefficient (Wildman–Crippen LogP) is 2.63. The summed E-state index contributed by atoms with van der Waals surface area (Å²) in [5, 5.41) is 5.51. The number of amides is 2. The van der Waals surface area contributed by atoms with E-state index in [1.165, 1.54) is 0 Å². The fraction of sp³-hybridized carbons (Fsp3) is 0.500. The Bertz CT molecular complexity index is 1220. The van der Waals surface area contributed by atoms with Crippen molar-refractivity contribution in [1.29, 1.82) is 0 Å². The third-order valence-electron chi connectivity index (χ3n) is 7.06. The number of nitrogens with zero attached hydrogens (tertiary/aromatic N) is 7. The number of aryl methyl sites for hydroxylation is 1. The van der Waals surface area contributed by atoms with Gasteiger partial charge >= 0.3 is 0 Å². The number of aromatic nitrogens is 4. The number of piperazine rings is 1. The number of rotatable bonds is 7. The quantitative estimate of drug-likeness (QED) is 0.522. The number of fused-ring (bicyclic) bond motifs is 1. The highest BCUT2D eigenvalue weighted by molar-refractivity contribution is 6.07. The zero-order valence-corrected chi connectivity index (χ0v) is 20.8. The Labute approximate surface area is 205 Å². The van der Waals surface area contributed by atoms with Crippen LogP contribution < -0.4 is 0 Å². The highest BCUT2D eigenvalue weighted by atomic mass is 16.2. The van der Waals surface area contributed by atoms with Gasteiger partial charge in [0, 0.05) is 57.1 Å². The van der Waals surface area contributed by atoms with Crippen molar-refractivity contribution in [2.24, 2.45) is 0 Å². The highest BCUT2D eigenvalue weighted by Gasteiger charge is 2.31. The number of carbonyl (C=O) groups is 2. The maximum Gasteiger partial charge on any atom is 0.254 e. The van der Waals surface area contributed by atoms with E-state index in [0.717, 1.165) is 42.7 Å². The molecule has 0 unspecified atom stereocenters. The number of pyridine rings is 2. The van der Waals surface area contributed by atoms with Crippen LogP contribution in [-0.4, -0.2) is 92.1 Å². The van der Waals surface area contributed by atoms with Gasteiger partial charge in [-0.3, -0.25) is 14.5 Å². The Morgan fingerprint density at radius 2 is 1.83 bits per heavy atom. The first kappa shape index (κ1) is 23.4. The lowest BCUT2D eigenvalue weighted by molar-refractivity contribution is -0.132. The van der Waals surface area contributed by atoms with E-state index in [9.17, 15) is 9.59 Å². The summed E-state index contributed by atoms with van der Waals surface area (Å²) in [4.78, 5) is 41.6. The fourth-order valence-electron chi connectivity index (χ4n) is 4.85. The molecule has 3 aromatic heterocycles. The van der Waals surface area contributed by atoms with Crippen LogP contribution in [0.5, 0.6) is 0 Å². The second-order valence-corrected chi connectivity index (χ2v) is 9.39. The first-order valence-electron chi connectivity index (χ1n) is 12.6. The minimum Gasteiger partial charge on any atom is -0.342 e. The van der Waals surface area contributed by atoms with Crippen LogP contribution in [0.25, 0.3) is 16.9 Å². The van der Waals surface area contributed by atoms with Gasteiger partial charge in [-0.15, -0.1) is 0 Å². The number of likely N-dealkylation sites (N-methyl/N-ethyl adjacent to an activating group) is 1. The first-order valence-corrected chi connectivity index (χ1v) is 12.6. The molecule has 35 heavy (non-hydrogen) atoms. The summed E-state index contributed by atoms with van der Waals surface area (Å²) in [5.41, 5.74) is 3.09. The molecule has 2 aliphatic rings. The maximum absolute atomic E-state index is 13.8. The van der Waals surface area contributed by atoms with Crippen molar-refractivity contribution in [2.45, 2.75) is 39.5 Å². The third kappa shape index (κ3) is 4.65. The standard InChI is InChI=1S/C26H33N7O2/c1-4-31(5-2)23(34)17-30-12-14-32(15-13-30)26(35)20-16-21(19-9-10-19)28-25-24(20)18(3)29-33(25)22-8-6-7-11-27-22/h6-8,11,16,19H,4-5,9-10,12-15,17H2,1-3H3. The monoisotopic (exact) mass is 475 g/mol. The van der Waals surface area contributed by atoms with E-state index in [1.54, 1.807) is 10.9 Å². The molecule has 9 nitrogen and oxygen atoms in total. The topological polar surface area (TPSA) is 87.5 Å². The number of carbonyl (C=O) groups excluding carboxylic acids is 2. The van der Waals surface area contributed by atoms with Crippen LogP contribution in [0.3, 0.4) is 0 Å². The van der Waals surface area contributed by atoms with Gasteiger partial charge in [0.05, 0.1) is 23.2 Å². The van der Waals surface area contributed by atoms with E-state index >= 15 is 0 Å². The third-order valence-corrected chi connectivity index (χ3v) is 7.06. The zero-order chi connectivity index (χ0) is 24.5. The number of hydrogen-bond acceptors (Lipinski definition) is 6. The molecule has 0 atom stereocenters. The maximum atomic E-state index is 13.8. The Morgan fingerprint density at radius 3 is 2.46 bits per heavy atom. The molecule has 1 saturated carbocycles. The summed E-state index contributed by atoms with van der Waals surface area (Å²) in [7, 11) is 0. The molecule has 0 spiro atoms. The smallest absolute Gasteiger partial charge is 0.254 e. The molecular formula is C26H33N7O2. The summed E-state index contributed by atoms with van der Waals surface area (Å²) in [6, 6.07) is 7.68. The zero-order valence-electron chi connectivity index (χ0n) is 20.8. The molecule has 0 bridgehead atoms. The SMILES string of the molecule is CCN(CC)C(=O)CN1CCN(C(=O)c2cc(C3CC3)nc3c2c(C)nn3-c2ccccn2)CC1. The molecule has 3 aromatic rings. The molecule has 0 radical (unpaired) electrons. The summed E-state index contributed by atoms with van der Waals surface area (Å²) in [5.74, 6) is 1.26. The van der Waals surface area contributed by atoms with Gasteiger partial charge in [0.2, 0.25) is 5.91 Å². The van der Waals surface area contributed by atoms with Crippen molar-refractivity contribution in [3.8, 4) is 5.82 Å². The van der Waals surface area contributed by atoms with Gasteiger partial charge in [-0.2, -0.15) is 9.78 Å². The van der Waals surface area contributed by atoms with Gasteiger partial charge in [-0.1, -0.05) is 6.07 Å². The second kappa shape index (κ2) is 9.73. The Morgan fingerprint density at radius 1 is 1.09 bits per heavy atom. The minimum atomic E-state index is 0.0118. The van der Waals surface area contributed by atoms with Gasteiger partial charge in [0.15, 0.2) is 11.5 Å². The van der Waals surface area contributed by atoms with Gasteiger partial charge in [0.25, 0.3) is 5.91 Å².